The molecule has 0 saturated carbocycles. The van der Waals surface area contributed by atoms with Gasteiger partial charge in [-0.05, 0) is 24.3 Å². The number of carbonyl (C=O) groups is 1. The molecule has 27 heavy (non-hydrogen) atoms. The molecule has 8 heteroatoms. The maximum Gasteiger partial charge on any atom is 0.225 e. The second-order valence-corrected chi connectivity index (χ2v) is 7.93. The number of nitrogens with one attached hydrogen (secondary N) is 1. The Morgan fingerprint density at radius 1 is 1.15 bits per heavy atom. The highest BCUT2D eigenvalue weighted by Gasteiger charge is 2.25. The van der Waals surface area contributed by atoms with E-state index in [-0.39, 0.29) is 11.8 Å². The van der Waals surface area contributed by atoms with E-state index < -0.39 is 0 Å². The number of carbonyl (C=O) groups excluding carboxylic acids is 1. The summed E-state index contributed by atoms with van der Waals surface area (Å²) in [6.45, 7) is 5.49. The first-order valence-electron chi connectivity index (χ1n) is 9.49. The summed E-state index contributed by atoms with van der Waals surface area (Å²) in [6, 6.07) is 4.06. The predicted molar refractivity (Wildman–Crippen MR) is 106 cm³/mol. The lowest BCUT2D eigenvalue weighted by Crippen LogP contribution is -2.40. The number of aromatic nitrogens is 2. The van der Waals surface area contributed by atoms with Crippen LogP contribution in [-0.4, -0.2) is 55.3 Å². The van der Waals surface area contributed by atoms with Gasteiger partial charge in [0.15, 0.2) is 0 Å². The minimum Gasteiger partial charge on any atom is -0.378 e. The number of amides is 1. The quantitative estimate of drug-likeness (QED) is 0.845. The van der Waals surface area contributed by atoms with Crippen molar-refractivity contribution in [3.8, 4) is 0 Å². The minimum atomic E-state index is 0.0924. The fourth-order valence-corrected chi connectivity index (χ4v) is 4.18. The van der Waals surface area contributed by atoms with Crippen LogP contribution in [-0.2, 0) is 16.1 Å². The van der Waals surface area contributed by atoms with Crippen LogP contribution in [0.4, 0.5) is 11.6 Å². The molecule has 2 aromatic heterocycles. The monoisotopic (exact) mass is 387 g/mol. The normalized spacial score (nSPS) is 18.5. The first-order chi connectivity index (χ1) is 13.3. The molecule has 144 valence electrons. The zero-order chi connectivity index (χ0) is 18.5. The third-order valence-electron chi connectivity index (χ3n) is 5.17. The van der Waals surface area contributed by atoms with Gasteiger partial charge in [0.25, 0.3) is 0 Å². The van der Waals surface area contributed by atoms with E-state index in [1.165, 1.54) is 4.88 Å². The van der Waals surface area contributed by atoms with Gasteiger partial charge in [0.1, 0.15) is 0 Å². The lowest BCUT2D eigenvalue weighted by Gasteiger charge is -2.33. The Kier molecular flexibility index (Phi) is 5.84. The zero-order valence-corrected chi connectivity index (χ0v) is 16.2. The van der Waals surface area contributed by atoms with E-state index >= 15 is 0 Å². The molecule has 0 unspecified atom stereocenters. The Balaban J connectivity index is 1.26. The van der Waals surface area contributed by atoms with Crippen molar-refractivity contribution in [2.24, 2.45) is 5.92 Å². The van der Waals surface area contributed by atoms with Gasteiger partial charge in [0.2, 0.25) is 11.9 Å². The molecule has 1 N–H and O–H groups in total. The minimum absolute atomic E-state index is 0.0924. The molecule has 0 spiro atoms. The van der Waals surface area contributed by atoms with Crippen LogP contribution in [0.1, 0.15) is 17.7 Å². The van der Waals surface area contributed by atoms with Crippen LogP contribution >= 0.6 is 11.3 Å². The lowest BCUT2D eigenvalue weighted by molar-refractivity contribution is -0.125. The third-order valence-corrected chi connectivity index (χ3v) is 6.04. The Hall–Kier alpha value is -2.19. The Labute approximate surface area is 163 Å². The van der Waals surface area contributed by atoms with Crippen molar-refractivity contribution in [2.75, 3.05) is 49.2 Å². The van der Waals surface area contributed by atoms with E-state index in [2.05, 4.69) is 25.1 Å². The average Bonchev–Trinajstić information content (AvgIpc) is 3.27. The van der Waals surface area contributed by atoms with E-state index in [0.29, 0.717) is 6.54 Å². The summed E-state index contributed by atoms with van der Waals surface area (Å²) in [6.07, 6.45) is 5.52. The molecule has 7 nitrogen and oxygen atoms in total. The molecule has 2 aliphatic heterocycles. The van der Waals surface area contributed by atoms with E-state index in [4.69, 9.17) is 4.74 Å². The van der Waals surface area contributed by atoms with Crippen molar-refractivity contribution in [3.05, 3.63) is 34.8 Å². The van der Waals surface area contributed by atoms with E-state index in [9.17, 15) is 4.79 Å². The van der Waals surface area contributed by atoms with Crippen LogP contribution in [0.3, 0.4) is 0 Å². The van der Waals surface area contributed by atoms with Crippen LogP contribution in [0.15, 0.2) is 29.9 Å². The van der Waals surface area contributed by atoms with Crippen molar-refractivity contribution in [2.45, 2.75) is 19.4 Å². The van der Waals surface area contributed by atoms with Gasteiger partial charge in [0, 0.05) is 37.0 Å². The molecule has 0 atom stereocenters. The number of morpholine rings is 1. The summed E-state index contributed by atoms with van der Waals surface area (Å²) in [5, 5.41) is 5.10. The number of rotatable bonds is 5. The van der Waals surface area contributed by atoms with Crippen molar-refractivity contribution in [1.82, 2.24) is 15.3 Å². The Bertz CT molecular complexity index is 723. The standard InChI is InChI=1S/C19H25N5O2S/c25-18(20-14-17-2-1-11-27-17)15-3-5-23(6-4-15)16-12-21-19(22-13-16)24-7-9-26-10-8-24/h1-2,11-13,15H,3-10,14H2,(H,20,25). The molecule has 0 bridgehead atoms. The first kappa shape index (κ1) is 18.2. The molecule has 1 amide bonds. The van der Waals surface area contributed by atoms with E-state index in [1.54, 1.807) is 11.3 Å². The highest BCUT2D eigenvalue weighted by atomic mass is 32.1. The zero-order valence-electron chi connectivity index (χ0n) is 15.3. The van der Waals surface area contributed by atoms with Gasteiger partial charge < -0.3 is 19.9 Å². The van der Waals surface area contributed by atoms with Crippen LogP contribution in [0.5, 0.6) is 0 Å². The molecule has 0 aliphatic carbocycles. The fraction of sp³-hybridized carbons (Fsp3) is 0.526. The summed E-state index contributed by atoms with van der Waals surface area (Å²) in [4.78, 5) is 27.1. The van der Waals surface area contributed by atoms with Gasteiger partial charge in [-0.3, -0.25) is 4.79 Å². The van der Waals surface area contributed by atoms with Crippen LogP contribution in [0.2, 0.25) is 0 Å². The smallest absolute Gasteiger partial charge is 0.225 e. The van der Waals surface area contributed by atoms with Gasteiger partial charge in [0.05, 0.1) is 37.8 Å². The molecular weight excluding hydrogens is 362 g/mol. The molecule has 4 rings (SSSR count). The number of piperidine rings is 1. The molecule has 4 heterocycles. The maximum atomic E-state index is 12.4. The SMILES string of the molecule is O=C(NCc1cccs1)C1CCN(c2cnc(N3CCOCC3)nc2)CC1. The van der Waals surface area contributed by atoms with Gasteiger partial charge in [-0.1, -0.05) is 6.07 Å². The lowest BCUT2D eigenvalue weighted by atomic mass is 9.95. The van der Waals surface area contributed by atoms with Crippen molar-refractivity contribution in [1.29, 1.82) is 0 Å². The molecule has 2 saturated heterocycles. The number of nitrogens with zero attached hydrogens (tertiary/aromatic N) is 4. The van der Waals surface area contributed by atoms with Crippen LogP contribution < -0.4 is 15.1 Å². The fourth-order valence-electron chi connectivity index (χ4n) is 3.54. The van der Waals surface area contributed by atoms with Crippen molar-refractivity contribution in [3.63, 3.8) is 0 Å². The van der Waals surface area contributed by atoms with Crippen LogP contribution in [0.25, 0.3) is 0 Å². The summed E-state index contributed by atoms with van der Waals surface area (Å²) < 4.78 is 5.37. The molecular formula is C19H25N5O2S. The van der Waals surface area contributed by atoms with E-state index in [1.807, 2.05) is 29.9 Å². The summed E-state index contributed by atoms with van der Waals surface area (Å²) in [5.41, 5.74) is 1.03. The van der Waals surface area contributed by atoms with Gasteiger partial charge in [-0.2, -0.15) is 0 Å². The number of thiophene rings is 1. The highest BCUT2D eigenvalue weighted by Crippen LogP contribution is 2.23. The molecule has 2 aliphatic rings. The average molecular weight is 388 g/mol. The van der Waals surface area contributed by atoms with Gasteiger partial charge in [-0.25, -0.2) is 9.97 Å². The highest BCUT2D eigenvalue weighted by molar-refractivity contribution is 7.09. The Morgan fingerprint density at radius 2 is 1.89 bits per heavy atom. The number of ether oxygens (including phenoxy) is 1. The van der Waals surface area contributed by atoms with Crippen molar-refractivity contribution < 1.29 is 9.53 Å². The first-order valence-corrected chi connectivity index (χ1v) is 10.4. The second-order valence-electron chi connectivity index (χ2n) is 6.90. The molecule has 2 fully saturated rings. The third kappa shape index (κ3) is 4.56. The number of hydrogen-bond acceptors (Lipinski definition) is 7. The molecule has 0 aromatic carbocycles. The Morgan fingerprint density at radius 3 is 2.56 bits per heavy atom. The maximum absolute atomic E-state index is 12.4. The van der Waals surface area contributed by atoms with Gasteiger partial charge >= 0.3 is 0 Å². The predicted octanol–water partition coefficient (Wildman–Crippen LogP) is 1.91. The summed E-state index contributed by atoms with van der Waals surface area (Å²) in [7, 11) is 0. The van der Waals surface area contributed by atoms with Gasteiger partial charge in [-0.15, -0.1) is 11.3 Å². The molecule has 0 radical (unpaired) electrons. The molecule has 2 aromatic rings. The van der Waals surface area contributed by atoms with Crippen LogP contribution in [0, 0.1) is 5.92 Å². The number of hydrogen-bond donors (Lipinski definition) is 1. The summed E-state index contributed by atoms with van der Waals surface area (Å²) >= 11 is 1.67. The van der Waals surface area contributed by atoms with Crippen molar-refractivity contribution >= 4 is 28.9 Å². The number of anilines is 2. The summed E-state index contributed by atoms with van der Waals surface area (Å²) in [5.74, 6) is 1.03. The topological polar surface area (TPSA) is 70.6 Å². The second kappa shape index (κ2) is 8.67. The largest absolute Gasteiger partial charge is 0.378 e. The van der Waals surface area contributed by atoms with E-state index in [0.717, 1.165) is 63.9 Å².